The van der Waals surface area contributed by atoms with Gasteiger partial charge in [0.05, 0.1) is 5.69 Å². The standard InChI is InChI=1S/C18H21N5O2S2/c1-2-23-16(6-8-20-23)15-13-18(26-14-15)27(24,25)22-11-9-21(10-12-22)17-5-3-4-7-19-17/h3-8,13-14H,2,9-12H2,1H3. The van der Waals surface area contributed by atoms with Crippen LogP contribution in [0.4, 0.5) is 5.82 Å². The van der Waals surface area contributed by atoms with Crippen LogP contribution in [0, 0.1) is 0 Å². The lowest BCUT2D eigenvalue weighted by atomic mass is 10.2. The largest absolute Gasteiger partial charge is 0.354 e. The maximum absolute atomic E-state index is 13.0. The summed E-state index contributed by atoms with van der Waals surface area (Å²) in [4.78, 5) is 6.46. The highest BCUT2D eigenvalue weighted by Gasteiger charge is 2.30. The Balaban J connectivity index is 1.50. The number of aromatic nitrogens is 3. The van der Waals surface area contributed by atoms with E-state index in [4.69, 9.17) is 0 Å². The molecule has 4 heterocycles. The van der Waals surface area contributed by atoms with Gasteiger partial charge in [-0.1, -0.05) is 6.07 Å². The van der Waals surface area contributed by atoms with Crippen LogP contribution in [-0.2, 0) is 16.6 Å². The van der Waals surface area contributed by atoms with Gasteiger partial charge in [-0.25, -0.2) is 13.4 Å². The van der Waals surface area contributed by atoms with Crippen molar-refractivity contribution < 1.29 is 8.42 Å². The molecular formula is C18H21N5O2S2. The summed E-state index contributed by atoms with van der Waals surface area (Å²) in [5, 5.41) is 6.15. The molecular weight excluding hydrogens is 382 g/mol. The molecule has 3 aromatic heterocycles. The van der Waals surface area contributed by atoms with Crippen LogP contribution in [-0.4, -0.2) is 53.7 Å². The first kappa shape index (κ1) is 18.1. The Hall–Kier alpha value is -2.23. The first-order chi connectivity index (χ1) is 13.1. The van der Waals surface area contributed by atoms with Gasteiger partial charge in [-0.2, -0.15) is 9.40 Å². The van der Waals surface area contributed by atoms with Crippen molar-refractivity contribution >= 4 is 27.2 Å². The van der Waals surface area contributed by atoms with E-state index in [0.717, 1.165) is 23.6 Å². The molecule has 0 aliphatic carbocycles. The second kappa shape index (κ2) is 7.41. The van der Waals surface area contributed by atoms with E-state index in [9.17, 15) is 8.42 Å². The van der Waals surface area contributed by atoms with Crippen molar-refractivity contribution in [2.24, 2.45) is 0 Å². The van der Waals surface area contributed by atoms with Crippen molar-refractivity contribution in [2.45, 2.75) is 17.7 Å². The van der Waals surface area contributed by atoms with Gasteiger partial charge >= 0.3 is 0 Å². The van der Waals surface area contributed by atoms with Crippen LogP contribution in [0.5, 0.6) is 0 Å². The fourth-order valence-electron chi connectivity index (χ4n) is 3.24. The molecule has 142 valence electrons. The van der Waals surface area contributed by atoms with Crippen molar-refractivity contribution in [3.63, 3.8) is 0 Å². The second-order valence-electron chi connectivity index (χ2n) is 6.27. The fraction of sp³-hybridized carbons (Fsp3) is 0.333. The zero-order valence-electron chi connectivity index (χ0n) is 15.0. The molecule has 0 bridgehead atoms. The molecule has 3 aromatic rings. The summed E-state index contributed by atoms with van der Waals surface area (Å²) in [6.45, 7) is 4.95. The van der Waals surface area contributed by atoms with Crippen LogP contribution >= 0.6 is 11.3 Å². The Bertz CT molecular complexity index is 1010. The predicted molar refractivity (Wildman–Crippen MR) is 106 cm³/mol. The van der Waals surface area contributed by atoms with Gasteiger partial charge in [-0.15, -0.1) is 11.3 Å². The Morgan fingerprint density at radius 3 is 2.63 bits per heavy atom. The van der Waals surface area contributed by atoms with Gasteiger partial charge in [0.25, 0.3) is 10.0 Å². The van der Waals surface area contributed by atoms with E-state index in [1.165, 1.54) is 11.3 Å². The molecule has 0 radical (unpaired) electrons. The highest BCUT2D eigenvalue weighted by Crippen LogP contribution is 2.31. The minimum atomic E-state index is -3.48. The van der Waals surface area contributed by atoms with Crippen molar-refractivity contribution in [3.05, 3.63) is 48.1 Å². The average molecular weight is 404 g/mol. The number of nitrogens with zero attached hydrogens (tertiary/aromatic N) is 5. The first-order valence-electron chi connectivity index (χ1n) is 8.86. The quantitative estimate of drug-likeness (QED) is 0.655. The lowest BCUT2D eigenvalue weighted by Crippen LogP contribution is -2.48. The third kappa shape index (κ3) is 3.50. The minimum Gasteiger partial charge on any atom is -0.354 e. The van der Waals surface area contributed by atoms with Crippen LogP contribution in [0.15, 0.2) is 52.3 Å². The maximum Gasteiger partial charge on any atom is 0.252 e. The number of piperazine rings is 1. The summed E-state index contributed by atoms with van der Waals surface area (Å²) < 4.78 is 29.9. The number of rotatable bonds is 5. The Labute approximate surface area is 162 Å². The van der Waals surface area contributed by atoms with Crippen molar-refractivity contribution in [1.82, 2.24) is 19.1 Å². The monoisotopic (exact) mass is 403 g/mol. The fourth-order valence-corrected chi connectivity index (χ4v) is 5.99. The molecule has 4 rings (SSSR count). The van der Waals surface area contributed by atoms with Gasteiger partial charge in [0.2, 0.25) is 0 Å². The summed E-state index contributed by atoms with van der Waals surface area (Å²) >= 11 is 1.27. The molecule has 1 fully saturated rings. The number of hydrogen-bond acceptors (Lipinski definition) is 6. The van der Waals surface area contributed by atoms with Gasteiger partial charge in [-0.05, 0) is 31.2 Å². The molecule has 0 unspecified atom stereocenters. The van der Waals surface area contributed by atoms with Gasteiger partial charge < -0.3 is 4.90 Å². The van der Waals surface area contributed by atoms with Crippen molar-refractivity contribution in [3.8, 4) is 11.3 Å². The van der Waals surface area contributed by atoms with Gasteiger partial charge in [0.15, 0.2) is 0 Å². The van der Waals surface area contributed by atoms with E-state index in [0.29, 0.717) is 30.4 Å². The minimum absolute atomic E-state index is 0.382. The van der Waals surface area contributed by atoms with E-state index in [1.54, 1.807) is 22.8 Å². The van der Waals surface area contributed by atoms with Crippen LogP contribution < -0.4 is 4.90 Å². The van der Waals surface area contributed by atoms with E-state index in [2.05, 4.69) is 15.0 Å². The van der Waals surface area contributed by atoms with Crippen LogP contribution in [0.2, 0.25) is 0 Å². The Morgan fingerprint density at radius 1 is 1.11 bits per heavy atom. The van der Waals surface area contributed by atoms with Crippen molar-refractivity contribution in [2.75, 3.05) is 31.1 Å². The number of sulfonamides is 1. The number of aryl methyl sites for hydroxylation is 1. The van der Waals surface area contributed by atoms with E-state index >= 15 is 0 Å². The SMILES string of the molecule is CCn1nccc1-c1csc(S(=O)(=O)N2CCN(c3ccccn3)CC2)c1. The van der Waals surface area contributed by atoms with E-state index in [1.807, 2.05) is 41.3 Å². The molecule has 0 atom stereocenters. The second-order valence-corrected chi connectivity index (χ2v) is 9.34. The van der Waals surface area contributed by atoms with Crippen LogP contribution in [0.25, 0.3) is 11.3 Å². The summed E-state index contributed by atoms with van der Waals surface area (Å²) in [5.41, 5.74) is 1.83. The lowest BCUT2D eigenvalue weighted by Gasteiger charge is -2.34. The molecule has 0 amide bonds. The lowest BCUT2D eigenvalue weighted by molar-refractivity contribution is 0.385. The Morgan fingerprint density at radius 2 is 1.93 bits per heavy atom. The molecule has 9 heteroatoms. The van der Waals surface area contributed by atoms with Crippen LogP contribution in [0.1, 0.15) is 6.92 Å². The topological polar surface area (TPSA) is 71.3 Å². The molecule has 1 aliphatic rings. The maximum atomic E-state index is 13.0. The summed E-state index contributed by atoms with van der Waals surface area (Å²) in [6.07, 6.45) is 3.49. The van der Waals surface area contributed by atoms with Gasteiger partial charge in [0, 0.05) is 56.1 Å². The molecule has 1 saturated heterocycles. The smallest absolute Gasteiger partial charge is 0.252 e. The molecule has 7 nitrogen and oxygen atoms in total. The van der Waals surface area contributed by atoms with Gasteiger partial charge in [-0.3, -0.25) is 4.68 Å². The number of anilines is 1. The predicted octanol–water partition coefficient (Wildman–Crippen LogP) is 2.54. The third-order valence-electron chi connectivity index (χ3n) is 4.69. The van der Waals surface area contributed by atoms with E-state index < -0.39 is 10.0 Å². The van der Waals surface area contributed by atoms with E-state index in [-0.39, 0.29) is 0 Å². The highest BCUT2D eigenvalue weighted by atomic mass is 32.2. The normalized spacial score (nSPS) is 16.0. The first-order valence-corrected chi connectivity index (χ1v) is 11.2. The molecule has 0 N–H and O–H groups in total. The zero-order chi connectivity index (χ0) is 18.9. The highest BCUT2D eigenvalue weighted by molar-refractivity contribution is 7.91. The molecule has 0 aromatic carbocycles. The molecule has 27 heavy (non-hydrogen) atoms. The number of pyridine rings is 1. The summed E-state index contributed by atoms with van der Waals surface area (Å²) in [6, 6.07) is 9.44. The summed E-state index contributed by atoms with van der Waals surface area (Å²) in [7, 11) is -3.48. The van der Waals surface area contributed by atoms with Gasteiger partial charge in [0.1, 0.15) is 10.0 Å². The summed E-state index contributed by atoms with van der Waals surface area (Å²) in [5.74, 6) is 0.890. The number of thiophene rings is 1. The molecule has 0 saturated carbocycles. The van der Waals surface area contributed by atoms with Crippen LogP contribution in [0.3, 0.4) is 0 Å². The molecule has 0 spiro atoms. The zero-order valence-corrected chi connectivity index (χ0v) is 16.7. The molecule has 1 aliphatic heterocycles. The van der Waals surface area contributed by atoms with Crippen molar-refractivity contribution in [1.29, 1.82) is 0 Å². The Kier molecular flexibility index (Phi) is 4.98. The third-order valence-corrected chi connectivity index (χ3v) is 8.01. The average Bonchev–Trinajstić information content (AvgIpc) is 3.38. The number of hydrogen-bond donors (Lipinski definition) is 0.